The van der Waals surface area contributed by atoms with Crippen molar-refractivity contribution in [3.63, 3.8) is 0 Å². The van der Waals surface area contributed by atoms with Crippen molar-refractivity contribution in [2.24, 2.45) is 0 Å². The zero-order valence-electron chi connectivity index (χ0n) is 13.9. The fourth-order valence-electron chi connectivity index (χ4n) is 2.43. The highest BCUT2D eigenvalue weighted by Crippen LogP contribution is 2.24. The van der Waals surface area contributed by atoms with Gasteiger partial charge in [0.15, 0.2) is 0 Å². The quantitative estimate of drug-likeness (QED) is 0.655. The van der Waals surface area contributed by atoms with E-state index in [1.165, 1.54) is 0 Å². The average molecular weight is 339 g/mol. The number of aromatic nitrogens is 2. The number of hydrogen-bond donors (Lipinski definition) is 2. The lowest BCUT2D eigenvalue weighted by Crippen LogP contribution is -2.03. The summed E-state index contributed by atoms with van der Waals surface area (Å²) < 4.78 is 0. The van der Waals surface area contributed by atoms with Crippen LogP contribution in [0.5, 0.6) is 0 Å². The molecule has 0 radical (unpaired) electrons. The van der Waals surface area contributed by atoms with Gasteiger partial charge in [0.1, 0.15) is 5.82 Å². The van der Waals surface area contributed by atoms with Crippen LogP contribution in [0.3, 0.4) is 0 Å². The lowest BCUT2D eigenvalue weighted by molar-refractivity contribution is 1.10. The minimum Gasteiger partial charge on any atom is -0.340 e. The molecule has 0 amide bonds. The van der Waals surface area contributed by atoms with E-state index in [-0.39, 0.29) is 0 Å². The second-order valence-corrected chi connectivity index (χ2v) is 6.18. The minimum atomic E-state index is 0.552. The molecule has 0 aliphatic carbocycles. The molecular formula is C19H19ClN4. The lowest BCUT2D eigenvalue weighted by Gasteiger charge is -2.12. The Morgan fingerprint density at radius 2 is 1.54 bits per heavy atom. The van der Waals surface area contributed by atoms with E-state index in [2.05, 4.69) is 33.6 Å². The Balaban J connectivity index is 1.87. The van der Waals surface area contributed by atoms with Gasteiger partial charge in [0.2, 0.25) is 5.95 Å². The first kappa shape index (κ1) is 16.3. The van der Waals surface area contributed by atoms with Gasteiger partial charge in [-0.05, 0) is 56.2 Å². The number of halogens is 1. The molecule has 3 aromatic rings. The van der Waals surface area contributed by atoms with Crippen LogP contribution in [-0.4, -0.2) is 9.97 Å². The van der Waals surface area contributed by atoms with Gasteiger partial charge in [0, 0.05) is 28.2 Å². The van der Waals surface area contributed by atoms with Crippen LogP contribution in [0.1, 0.15) is 16.8 Å². The maximum absolute atomic E-state index is 6.01. The summed E-state index contributed by atoms with van der Waals surface area (Å²) >= 11 is 6.01. The summed E-state index contributed by atoms with van der Waals surface area (Å²) in [6.45, 7) is 6.01. The van der Waals surface area contributed by atoms with Gasteiger partial charge in [-0.2, -0.15) is 4.98 Å². The number of nitrogens with one attached hydrogen (secondary N) is 2. The first-order valence-electron chi connectivity index (χ1n) is 7.73. The highest BCUT2D eigenvalue weighted by Gasteiger charge is 2.06. The summed E-state index contributed by atoms with van der Waals surface area (Å²) in [4.78, 5) is 9.02. The van der Waals surface area contributed by atoms with E-state index >= 15 is 0 Å². The van der Waals surface area contributed by atoms with Crippen molar-refractivity contribution in [1.82, 2.24) is 9.97 Å². The second kappa shape index (κ2) is 6.89. The predicted octanol–water partition coefficient (Wildman–Crippen LogP) is 5.54. The van der Waals surface area contributed by atoms with Gasteiger partial charge >= 0.3 is 0 Å². The van der Waals surface area contributed by atoms with Crippen molar-refractivity contribution in [2.45, 2.75) is 20.8 Å². The lowest BCUT2D eigenvalue weighted by atomic mass is 10.2. The Bertz CT molecular complexity index is 877. The molecule has 0 atom stereocenters. The Morgan fingerprint density at radius 3 is 2.29 bits per heavy atom. The van der Waals surface area contributed by atoms with Gasteiger partial charge < -0.3 is 10.6 Å². The van der Waals surface area contributed by atoms with Crippen molar-refractivity contribution in [1.29, 1.82) is 0 Å². The van der Waals surface area contributed by atoms with E-state index in [1.54, 1.807) is 0 Å². The molecule has 1 heterocycles. The van der Waals surface area contributed by atoms with Crippen LogP contribution in [0.25, 0.3) is 0 Å². The Morgan fingerprint density at radius 1 is 0.792 bits per heavy atom. The molecule has 24 heavy (non-hydrogen) atoms. The van der Waals surface area contributed by atoms with Crippen LogP contribution in [0.15, 0.2) is 48.5 Å². The number of rotatable bonds is 4. The van der Waals surface area contributed by atoms with Crippen LogP contribution in [0.2, 0.25) is 5.02 Å². The zero-order chi connectivity index (χ0) is 17.1. The molecule has 0 aliphatic rings. The maximum atomic E-state index is 6.01. The third-order valence-electron chi connectivity index (χ3n) is 3.70. The van der Waals surface area contributed by atoms with Gasteiger partial charge in [0.05, 0.1) is 0 Å². The third kappa shape index (κ3) is 3.84. The fraction of sp³-hybridized carbons (Fsp3) is 0.158. The summed E-state index contributed by atoms with van der Waals surface area (Å²) in [6, 6.07) is 15.7. The summed E-state index contributed by atoms with van der Waals surface area (Å²) in [5.41, 5.74) is 5.06. The molecule has 122 valence electrons. The smallest absolute Gasteiger partial charge is 0.229 e. The molecule has 4 nitrogen and oxygen atoms in total. The van der Waals surface area contributed by atoms with Crippen molar-refractivity contribution in [2.75, 3.05) is 10.6 Å². The van der Waals surface area contributed by atoms with Crippen LogP contribution >= 0.6 is 11.6 Å². The number of para-hydroxylation sites is 1. The molecule has 1 aromatic heterocycles. The SMILES string of the molecule is Cc1cc(Nc2ccccc2C)nc(Nc2ccc(Cl)cc2C)n1. The number of anilines is 4. The predicted molar refractivity (Wildman–Crippen MR) is 101 cm³/mol. The molecule has 2 aromatic carbocycles. The van der Waals surface area contributed by atoms with Crippen molar-refractivity contribution in [3.05, 3.63) is 70.4 Å². The first-order chi connectivity index (χ1) is 11.5. The van der Waals surface area contributed by atoms with Crippen LogP contribution in [0.4, 0.5) is 23.1 Å². The summed E-state index contributed by atoms with van der Waals surface area (Å²) in [5, 5.41) is 7.32. The maximum Gasteiger partial charge on any atom is 0.229 e. The Hall–Kier alpha value is -2.59. The normalized spacial score (nSPS) is 10.5. The molecular weight excluding hydrogens is 320 g/mol. The van der Waals surface area contributed by atoms with Crippen molar-refractivity contribution in [3.8, 4) is 0 Å². The molecule has 0 fully saturated rings. The largest absolute Gasteiger partial charge is 0.340 e. The number of benzene rings is 2. The molecule has 0 saturated carbocycles. The van der Waals surface area contributed by atoms with Gasteiger partial charge in [-0.3, -0.25) is 0 Å². The van der Waals surface area contributed by atoms with Gasteiger partial charge in [-0.15, -0.1) is 0 Å². The summed E-state index contributed by atoms with van der Waals surface area (Å²) in [6.07, 6.45) is 0. The van der Waals surface area contributed by atoms with E-state index in [1.807, 2.05) is 56.3 Å². The molecule has 2 N–H and O–H groups in total. The molecule has 0 aliphatic heterocycles. The highest BCUT2D eigenvalue weighted by atomic mass is 35.5. The first-order valence-corrected chi connectivity index (χ1v) is 8.10. The Labute approximate surface area is 146 Å². The van der Waals surface area contributed by atoms with E-state index in [4.69, 9.17) is 11.6 Å². The summed E-state index contributed by atoms with van der Waals surface area (Å²) in [5.74, 6) is 1.31. The second-order valence-electron chi connectivity index (χ2n) is 5.74. The van der Waals surface area contributed by atoms with Crippen LogP contribution in [0, 0.1) is 20.8 Å². The fourth-order valence-corrected chi connectivity index (χ4v) is 2.65. The molecule has 0 spiro atoms. The van der Waals surface area contributed by atoms with E-state index < -0.39 is 0 Å². The van der Waals surface area contributed by atoms with Crippen molar-refractivity contribution >= 4 is 34.7 Å². The van der Waals surface area contributed by atoms with E-state index in [9.17, 15) is 0 Å². The van der Waals surface area contributed by atoms with Gasteiger partial charge in [-0.1, -0.05) is 29.8 Å². The number of nitrogens with zero attached hydrogens (tertiary/aromatic N) is 2. The molecule has 5 heteroatoms. The summed E-state index contributed by atoms with van der Waals surface area (Å²) in [7, 11) is 0. The zero-order valence-corrected chi connectivity index (χ0v) is 14.6. The molecule has 0 saturated heterocycles. The highest BCUT2D eigenvalue weighted by molar-refractivity contribution is 6.30. The minimum absolute atomic E-state index is 0.552. The number of hydrogen-bond acceptors (Lipinski definition) is 4. The monoisotopic (exact) mass is 338 g/mol. The molecule has 0 bridgehead atoms. The third-order valence-corrected chi connectivity index (χ3v) is 3.93. The Kier molecular flexibility index (Phi) is 4.67. The van der Waals surface area contributed by atoms with Gasteiger partial charge in [-0.25, -0.2) is 4.98 Å². The van der Waals surface area contributed by atoms with Crippen LogP contribution in [-0.2, 0) is 0 Å². The van der Waals surface area contributed by atoms with Crippen molar-refractivity contribution < 1.29 is 0 Å². The topological polar surface area (TPSA) is 49.8 Å². The standard InChI is InChI=1S/C19H19ClN4/c1-12-6-4-5-7-16(12)22-18-11-14(3)21-19(24-18)23-17-9-8-15(20)10-13(17)2/h4-11H,1-3H3,(H2,21,22,23,24). The van der Waals surface area contributed by atoms with E-state index in [0.717, 1.165) is 34.0 Å². The van der Waals surface area contributed by atoms with Gasteiger partial charge in [0.25, 0.3) is 0 Å². The number of aryl methyl sites for hydroxylation is 3. The van der Waals surface area contributed by atoms with Crippen LogP contribution < -0.4 is 10.6 Å². The average Bonchev–Trinajstić information content (AvgIpc) is 2.52. The molecule has 0 unspecified atom stereocenters. The van der Waals surface area contributed by atoms with E-state index in [0.29, 0.717) is 11.0 Å². The molecule has 3 rings (SSSR count).